The van der Waals surface area contributed by atoms with Crippen molar-refractivity contribution in [3.63, 3.8) is 0 Å². The molecule has 0 amide bonds. The Morgan fingerprint density at radius 1 is 1.24 bits per heavy atom. The molecule has 3 rings (SSSR count). The minimum Gasteiger partial charge on any atom is -0.486 e. The molecule has 21 heavy (non-hydrogen) atoms. The van der Waals surface area contributed by atoms with E-state index in [1.807, 2.05) is 19.1 Å². The van der Waals surface area contributed by atoms with Crippen LogP contribution in [0.1, 0.15) is 12.5 Å². The lowest BCUT2D eigenvalue weighted by Gasteiger charge is -2.36. The quantitative estimate of drug-likeness (QED) is 0.893. The summed E-state index contributed by atoms with van der Waals surface area (Å²) in [5, 5.41) is 9.31. The maximum Gasteiger partial charge on any atom is 0.162 e. The molecule has 0 bridgehead atoms. The summed E-state index contributed by atoms with van der Waals surface area (Å²) in [6, 6.07) is 4.00. The fourth-order valence-corrected chi connectivity index (χ4v) is 3.29. The van der Waals surface area contributed by atoms with Gasteiger partial charge in [-0.2, -0.15) is 0 Å². The summed E-state index contributed by atoms with van der Waals surface area (Å²) in [4.78, 5) is 2.30. The van der Waals surface area contributed by atoms with Crippen LogP contribution in [0.15, 0.2) is 16.6 Å². The second kappa shape index (κ2) is 6.52. The zero-order chi connectivity index (χ0) is 14.8. The van der Waals surface area contributed by atoms with E-state index >= 15 is 0 Å². The van der Waals surface area contributed by atoms with Crippen molar-refractivity contribution in [2.75, 3.05) is 32.9 Å². The molecule has 0 radical (unpaired) electrons. The second-order valence-electron chi connectivity index (χ2n) is 5.53. The zero-order valence-electron chi connectivity index (χ0n) is 12.0. The summed E-state index contributed by atoms with van der Waals surface area (Å²) in [5.41, 5.74) is 1.16. The normalized spacial score (nSPS) is 25.9. The molecule has 6 heteroatoms. The molecular weight excluding hydrogens is 338 g/mol. The van der Waals surface area contributed by atoms with Gasteiger partial charge in [-0.15, -0.1) is 0 Å². The number of rotatable bonds is 3. The first kappa shape index (κ1) is 15.1. The van der Waals surface area contributed by atoms with Crippen LogP contribution in [0.2, 0.25) is 0 Å². The molecule has 116 valence electrons. The number of nitrogens with zero attached hydrogens (tertiary/aromatic N) is 1. The van der Waals surface area contributed by atoms with Crippen LogP contribution in [-0.4, -0.2) is 55.1 Å². The Hall–Kier alpha value is -0.820. The Bertz CT molecular complexity index is 511. The third-order valence-corrected chi connectivity index (χ3v) is 4.45. The van der Waals surface area contributed by atoms with Crippen LogP contribution in [-0.2, 0) is 11.3 Å². The molecule has 0 aliphatic carbocycles. The number of morpholine rings is 1. The number of aliphatic hydroxyl groups is 1. The van der Waals surface area contributed by atoms with E-state index in [0.29, 0.717) is 13.2 Å². The van der Waals surface area contributed by atoms with Gasteiger partial charge in [-0.05, 0) is 24.6 Å². The highest BCUT2D eigenvalue weighted by atomic mass is 79.9. The van der Waals surface area contributed by atoms with E-state index in [2.05, 4.69) is 20.8 Å². The van der Waals surface area contributed by atoms with E-state index in [1.165, 1.54) is 0 Å². The van der Waals surface area contributed by atoms with Crippen molar-refractivity contribution < 1.29 is 19.3 Å². The van der Waals surface area contributed by atoms with Crippen molar-refractivity contribution in [3.8, 4) is 11.5 Å². The van der Waals surface area contributed by atoms with Crippen molar-refractivity contribution in [2.24, 2.45) is 0 Å². The third-order valence-electron chi connectivity index (χ3n) is 3.71. The first-order chi connectivity index (χ1) is 10.2. The molecule has 2 atom stereocenters. The van der Waals surface area contributed by atoms with Crippen LogP contribution < -0.4 is 9.47 Å². The molecule has 1 fully saturated rings. The molecular formula is C15H20BrNO4. The number of fused-ring (bicyclic) bond motifs is 1. The monoisotopic (exact) mass is 357 g/mol. The Labute approximate surface area is 132 Å². The van der Waals surface area contributed by atoms with Crippen LogP contribution in [0.5, 0.6) is 11.5 Å². The second-order valence-corrected chi connectivity index (χ2v) is 6.39. The van der Waals surface area contributed by atoms with Gasteiger partial charge in [0.1, 0.15) is 13.2 Å². The minimum absolute atomic E-state index is 0.0587. The Kier molecular flexibility index (Phi) is 4.69. The predicted molar refractivity (Wildman–Crippen MR) is 81.8 cm³/mol. The molecule has 2 unspecified atom stereocenters. The minimum atomic E-state index is -0.107. The SMILES string of the molecule is CC1CN(Cc2cc3c(cc2Br)OCCO3)CC(CO)O1. The summed E-state index contributed by atoms with van der Waals surface area (Å²) in [5.74, 6) is 1.60. The maximum atomic E-state index is 9.31. The highest BCUT2D eigenvalue weighted by molar-refractivity contribution is 9.10. The van der Waals surface area contributed by atoms with Crippen molar-refractivity contribution in [1.82, 2.24) is 4.90 Å². The van der Waals surface area contributed by atoms with Crippen molar-refractivity contribution in [2.45, 2.75) is 25.7 Å². The molecule has 1 aromatic carbocycles. The van der Waals surface area contributed by atoms with Crippen LogP contribution >= 0.6 is 15.9 Å². The van der Waals surface area contributed by atoms with Crippen molar-refractivity contribution in [3.05, 3.63) is 22.2 Å². The highest BCUT2D eigenvalue weighted by Crippen LogP contribution is 2.36. The van der Waals surface area contributed by atoms with Gasteiger partial charge in [0.05, 0.1) is 18.8 Å². The van der Waals surface area contributed by atoms with E-state index in [1.54, 1.807) is 0 Å². The molecule has 0 aromatic heterocycles. The van der Waals surface area contributed by atoms with Crippen LogP contribution in [0.3, 0.4) is 0 Å². The first-order valence-corrected chi connectivity index (χ1v) is 8.01. The van der Waals surface area contributed by atoms with Crippen LogP contribution in [0.25, 0.3) is 0 Å². The summed E-state index contributed by atoms with van der Waals surface area (Å²) >= 11 is 3.61. The first-order valence-electron chi connectivity index (χ1n) is 7.22. The van der Waals surface area contributed by atoms with E-state index in [9.17, 15) is 5.11 Å². The topological polar surface area (TPSA) is 51.2 Å². The molecule has 1 saturated heterocycles. The molecule has 0 saturated carbocycles. The third kappa shape index (κ3) is 3.51. The van der Waals surface area contributed by atoms with Crippen LogP contribution in [0, 0.1) is 0 Å². The molecule has 1 aromatic rings. The lowest BCUT2D eigenvalue weighted by atomic mass is 10.1. The standard InChI is InChI=1S/C15H20BrNO4/c1-10-6-17(8-12(9-18)21-10)7-11-4-14-15(5-13(11)16)20-3-2-19-14/h4-5,10,12,18H,2-3,6-9H2,1H3. The van der Waals surface area contributed by atoms with Gasteiger partial charge in [0.25, 0.3) is 0 Å². The zero-order valence-corrected chi connectivity index (χ0v) is 13.6. The van der Waals surface area contributed by atoms with Crippen LogP contribution in [0.4, 0.5) is 0 Å². The van der Waals surface area contributed by atoms with Gasteiger partial charge >= 0.3 is 0 Å². The number of ether oxygens (including phenoxy) is 3. The lowest BCUT2D eigenvalue weighted by Crippen LogP contribution is -2.47. The van der Waals surface area contributed by atoms with Gasteiger partial charge in [0.15, 0.2) is 11.5 Å². The summed E-state index contributed by atoms with van der Waals surface area (Å²) < 4.78 is 17.9. The van der Waals surface area contributed by atoms with Gasteiger partial charge in [-0.3, -0.25) is 4.90 Å². The fourth-order valence-electron chi connectivity index (χ4n) is 2.84. The number of hydrogen-bond acceptors (Lipinski definition) is 5. The average molecular weight is 358 g/mol. The van der Waals surface area contributed by atoms with Gasteiger partial charge in [-0.1, -0.05) is 15.9 Å². The predicted octanol–water partition coefficient (Wildman–Crippen LogP) is 1.80. The van der Waals surface area contributed by atoms with E-state index in [-0.39, 0.29) is 18.8 Å². The Balaban J connectivity index is 1.75. The number of halogens is 1. The summed E-state index contributed by atoms with van der Waals surface area (Å²) in [7, 11) is 0. The summed E-state index contributed by atoms with van der Waals surface area (Å²) in [6.07, 6.45) is 0.0247. The molecule has 2 aliphatic rings. The average Bonchev–Trinajstić information content (AvgIpc) is 2.47. The lowest BCUT2D eigenvalue weighted by molar-refractivity contribution is -0.0973. The number of aliphatic hydroxyl groups excluding tert-OH is 1. The maximum absolute atomic E-state index is 9.31. The highest BCUT2D eigenvalue weighted by Gasteiger charge is 2.25. The number of benzene rings is 1. The van der Waals surface area contributed by atoms with Gasteiger partial charge < -0.3 is 19.3 Å². The smallest absolute Gasteiger partial charge is 0.162 e. The largest absolute Gasteiger partial charge is 0.486 e. The molecule has 1 N–H and O–H groups in total. The van der Waals surface area contributed by atoms with Gasteiger partial charge in [0.2, 0.25) is 0 Å². The number of hydrogen-bond donors (Lipinski definition) is 1. The molecule has 2 aliphatic heterocycles. The van der Waals surface area contributed by atoms with E-state index < -0.39 is 0 Å². The molecule has 5 nitrogen and oxygen atoms in total. The van der Waals surface area contributed by atoms with Gasteiger partial charge in [-0.25, -0.2) is 0 Å². The van der Waals surface area contributed by atoms with E-state index in [4.69, 9.17) is 14.2 Å². The Morgan fingerprint density at radius 3 is 2.67 bits per heavy atom. The van der Waals surface area contributed by atoms with E-state index in [0.717, 1.165) is 41.2 Å². The van der Waals surface area contributed by atoms with Crippen molar-refractivity contribution >= 4 is 15.9 Å². The Morgan fingerprint density at radius 2 is 1.95 bits per heavy atom. The molecule has 2 heterocycles. The molecule has 0 spiro atoms. The fraction of sp³-hybridized carbons (Fsp3) is 0.600. The van der Waals surface area contributed by atoms with Crippen molar-refractivity contribution in [1.29, 1.82) is 0 Å². The van der Waals surface area contributed by atoms with Gasteiger partial charge in [0, 0.05) is 24.1 Å². The summed E-state index contributed by atoms with van der Waals surface area (Å²) in [6.45, 7) is 5.67.